The molecular formula is C7H6N2O2. The predicted octanol–water partition coefficient (Wildman–Crippen LogP) is 0.893. The number of carbonyl (C=O) groups is 1. The first-order chi connectivity index (χ1) is 5.22. The highest BCUT2D eigenvalue weighted by Crippen LogP contribution is 1.71. The summed E-state index contributed by atoms with van der Waals surface area (Å²) in [5.74, 6) is -0.720. The van der Waals surface area contributed by atoms with Gasteiger partial charge < -0.3 is 4.74 Å². The monoisotopic (exact) mass is 150 g/mol. The molecule has 0 fully saturated rings. The third kappa shape index (κ3) is 18.1. The molecule has 0 atom stereocenters. The highest BCUT2D eigenvalue weighted by atomic mass is 16.5. The average Bonchev–Trinajstić information content (AvgIpc) is 2.05. The molecule has 0 heterocycles. The molecule has 0 spiro atoms. The lowest BCUT2D eigenvalue weighted by Gasteiger charge is -1.77. The summed E-state index contributed by atoms with van der Waals surface area (Å²) in [6, 6.07) is 1.69. The Kier molecular flexibility index (Phi) is 11.5. The predicted molar refractivity (Wildman–Crippen MR) is 37.7 cm³/mol. The third-order valence-electron chi connectivity index (χ3n) is 0.404. The SMILES string of the molecule is C=CC#N.C=CC(=O)OC#N. The standard InChI is InChI=1S/C4H3NO2.C3H3N/c1-2-4(6)7-3-5;1-2-3-4/h2H,1H2;2H,1H2. The van der Waals surface area contributed by atoms with Crippen molar-refractivity contribution in [1.29, 1.82) is 10.5 Å². The second-order valence-electron chi connectivity index (χ2n) is 1.05. The Labute approximate surface area is 64.6 Å². The van der Waals surface area contributed by atoms with E-state index < -0.39 is 5.97 Å². The maximum Gasteiger partial charge on any atom is 0.345 e. The van der Waals surface area contributed by atoms with Gasteiger partial charge in [-0.3, -0.25) is 0 Å². The van der Waals surface area contributed by atoms with Crippen LogP contribution in [0.4, 0.5) is 0 Å². The number of rotatable bonds is 1. The minimum absolute atomic E-state index is 0.720. The summed E-state index contributed by atoms with van der Waals surface area (Å²) in [6.45, 7) is 6.17. The smallest absolute Gasteiger partial charge is 0.345 e. The zero-order chi connectivity index (χ0) is 9.11. The Bertz CT molecular complexity index is 220. The number of hydrogen-bond acceptors (Lipinski definition) is 4. The zero-order valence-electron chi connectivity index (χ0n) is 5.78. The van der Waals surface area contributed by atoms with Crippen molar-refractivity contribution >= 4 is 5.97 Å². The fourth-order valence-corrected chi connectivity index (χ4v) is 0.0867. The second kappa shape index (κ2) is 10.8. The maximum atomic E-state index is 9.85. The number of nitriles is 2. The summed E-state index contributed by atoms with van der Waals surface area (Å²) in [4.78, 5) is 9.85. The van der Waals surface area contributed by atoms with Gasteiger partial charge in [-0.05, 0) is 0 Å². The fraction of sp³-hybridized carbons (Fsp3) is 0. The first-order valence-corrected chi connectivity index (χ1v) is 2.45. The minimum Gasteiger partial charge on any atom is -0.347 e. The highest BCUT2D eigenvalue weighted by Gasteiger charge is 1.87. The molecule has 0 rings (SSSR count). The van der Waals surface area contributed by atoms with Gasteiger partial charge >= 0.3 is 5.97 Å². The molecule has 0 unspecified atom stereocenters. The topological polar surface area (TPSA) is 73.9 Å². The Balaban J connectivity index is 0. The van der Waals surface area contributed by atoms with Crippen LogP contribution >= 0.6 is 0 Å². The minimum atomic E-state index is -0.720. The van der Waals surface area contributed by atoms with Gasteiger partial charge in [0.25, 0.3) is 6.26 Å². The summed E-state index contributed by atoms with van der Waals surface area (Å²) in [5, 5.41) is 15.1. The molecule has 0 radical (unpaired) electrons. The Morgan fingerprint density at radius 3 is 2.00 bits per heavy atom. The molecule has 0 aromatic carbocycles. The zero-order valence-corrected chi connectivity index (χ0v) is 5.78. The maximum absolute atomic E-state index is 9.85. The summed E-state index contributed by atoms with van der Waals surface area (Å²) in [6.07, 6.45) is 3.30. The van der Waals surface area contributed by atoms with Crippen molar-refractivity contribution in [3.63, 3.8) is 0 Å². The molecule has 0 N–H and O–H groups in total. The summed E-state index contributed by atoms with van der Waals surface area (Å²) < 4.78 is 3.74. The lowest BCUT2D eigenvalue weighted by atomic mass is 10.7. The normalized spacial score (nSPS) is 5.27. The number of hydrogen-bond donors (Lipinski definition) is 0. The van der Waals surface area contributed by atoms with E-state index >= 15 is 0 Å². The van der Waals surface area contributed by atoms with Crippen molar-refractivity contribution in [1.82, 2.24) is 0 Å². The Morgan fingerprint density at radius 1 is 1.45 bits per heavy atom. The molecule has 11 heavy (non-hydrogen) atoms. The van der Waals surface area contributed by atoms with Crippen molar-refractivity contribution < 1.29 is 9.53 Å². The van der Waals surface area contributed by atoms with E-state index in [1.54, 1.807) is 6.07 Å². The number of allylic oxidation sites excluding steroid dienone is 1. The molecule has 4 heteroatoms. The Hall–Kier alpha value is -2.07. The number of nitrogens with zero attached hydrogens (tertiary/aromatic N) is 2. The molecule has 4 nitrogen and oxygen atoms in total. The lowest BCUT2D eigenvalue weighted by molar-refractivity contribution is -0.131. The number of ether oxygens (including phenoxy) is 1. The van der Waals surface area contributed by atoms with E-state index in [2.05, 4.69) is 17.9 Å². The van der Waals surface area contributed by atoms with Crippen LogP contribution in [0.5, 0.6) is 0 Å². The van der Waals surface area contributed by atoms with Gasteiger partial charge in [0.1, 0.15) is 0 Å². The van der Waals surface area contributed by atoms with E-state index in [4.69, 9.17) is 10.5 Å². The molecule has 0 saturated heterocycles. The highest BCUT2D eigenvalue weighted by molar-refractivity contribution is 5.81. The van der Waals surface area contributed by atoms with Gasteiger partial charge in [-0.1, -0.05) is 13.2 Å². The average molecular weight is 150 g/mol. The van der Waals surface area contributed by atoms with Crippen LogP contribution in [0.3, 0.4) is 0 Å². The van der Waals surface area contributed by atoms with Crippen molar-refractivity contribution in [3.8, 4) is 12.3 Å². The second-order valence-corrected chi connectivity index (χ2v) is 1.05. The summed E-state index contributed by atoms with van der Waals surface area (Å²) >= 11 is 0. The first-order valence-electron chi connectivity index (χ1n) is 2.45. The molecule has 0 aromatic heterocycles. The van der Waals surface area contributed by atoms with Crippen LogP contribution in [0.2, 0.25) is 0 Å². The van der Waals surface area contributed by atoms with E-state index in [1.807, 2.05) is 0 Å². The molecule has 56 valence electrons. The van der Waals surface area contributed by atoms with Gasteiger partial charge in [0.05, 0.1) is 6.07 Å². The van der Waals surface area contributed by atoms with Gasteiger partial charge in [-0.2, -0.15) is 5.26 Å². The van der Waals surface area contributed by atoms with Crippen LogP contribution < -0.4 is 0 Å². The van der Waals surface area contributed by atoms with Crippen LogP contribution in [0.15, 0.2) is 25.3 Å². The van der Waals surface area contributed by atoms with E-state index in [1.165, 1.54) is 12.3 Å². The quantitative estimate of drug-likeness (QED) is 0.241. The largest absolute Gasteiger partial charge is 0.347 e. The third-order valence-corrected chi connectivity index (χ3v) is 0.404. The summed E-state index contributed by atoms with van der Waals surface area (Å²) in [7, 11) is 0. The van der Waals surface area contributed by atoms with Crippen molar-refractivity contribution in [2.24, 2.45) is 0 Å². The van der Waals surface area contributed by atoms with Gasteiger partial charge in [0.2, 0.25) is 0 Å². The van der Waals surface area contributed by atoms with E-state index in [0.29, 0.717) is 0 Å². The molecule has 0 aromatic rings. The van der Waals surface area contributed by atoms with Gasteiger partial charge in [0, 0.05) is 12.2 Å². The van der Waals surface area contributed by atoms with Crippen LogP contribution in [0.1, 0.15) is 0 Å². The van der Waals surface area contributed by atoms with Crippen molar-refractivity contribution in [3.05, 3.63) is 25.3 Å². The molecule has 0 saturated carbocycles. The first kappa shape index (κ1) is 11.7. The van der Waals surface area contributed by atoms with Gasteiger partial charge in [-0.25, -0.2) is 4.79 Å². The molecule has 0 aliphatic rings. The molecule has 0 aliphatic heterocycles. The van der Waals surface area contributed by atoms with E-state index in [-0.39, 0.29) is 0 Å². The van der Waals surface area contributed by atoms with Gasteiger partial charge in [0.15, 0.2) is 0 Å². The van der Waals surface area contributed by atoms with Crippen LogP contribution in [0, 0.1) is 22.8 Å². The fourth-order valence-electron chi connectivity index (χ4n) is 0.0867. The van der Waals surface area contributed by atoms with E-state index in [0.717, 1.165) is 6.08 Å². The molecular weight excluding hydrogens is 144 g/mol. The lowest BCUT2D eigenvalue weighted by Crippen LogP contribution is -1.91. The van der Waals surface area contributed by atoms with Crippen LogP contribution in [-0.4, -0.2) is 5.97 Å². The van der Waals surface area contributed by atoms with Gasteiger partial charge in [-0.15, -0.1) is 5.26 Å². The van der Waals surface area contributed by atoms with Crippen molar-refractivity contribution in [2.45, 2.75) is 0 Å². The van der Waals surface area contributed by atoms with Crippen LogP contribution in [-0.2, 0) is 9.53 Å². The molecule has 0 bridgehead atoms. The summed E-state index contributed by atoms with van der Waals surface area (Å²) in [5.41, 5.74) is 0. The molecule has 0 aliphatic carbocycles. The number of carbonyl (C=O) groups excluding carboxylic acids is 1. The van der Waals surface area contributed by atoms with E-state index in [9.17, 15) is 4.79 Å². The Morgan fingerprint density at radius 2 is 1.91 bits per heavy atom. The molecule has 0 amide bonds. The van der Waals surface area contributed by atoms with Crippen LogP contribution in [0.25, 0.3) is 0 Å². The number of esters is 1. The van der Waals surface area contributed by atoms with Crippen molar-refractivity contribution in [2.75, 3.05) is 0 Å².